The van der Waals surface area contributed by atoms with Crippen LogP contribution in [-0.4, -0.2) is 36.2 Å². The van der Waals surface area contributed by atoms with Crippen LogP contribution in [0.15, 0.2) is 0 Å². The van der Waals surface area contributed by atoms with Crippen molar-refractivity contribution in [3.63, 3.8) is 0 Å². The first kappa shape index (κ1) is 7.50. The molecule has 4 heteroatoms. The maximum atomic E-state index is 10.5. The quantitative estimate of drug-likeness (QED) is 0.442. The summed E-state index contributed by atoms with van der Waals surface area (Å²) in [7, 11) is 0. The van der Waals surface area contributed by atoms with Gasteiger partial charge in [-0.15, -0.1) is 0 Å². The summed E-state index contributed by atoms with van der Waals surface area (Å²) in [6.45, 7) is 3.46. The SMILES string of the molecule is CC1NCCNC1C(=O)O. The average Bonchev–Trinajstić information content (AvgIpc) is 1.88. The van der Waals surface area contributed by atoms with Crippen molar-refractivity contribution in [1.29, 1.82) is 0 Å². The molecule has 1 aliphatic heterocycles. The minimum Gasteiger partial charge on any atom is -0.480 e. The van der Waals surface area contributed by atoms with E-state index in [2.05, 4.69) is 10.6 Å². The fraction of sp³-hybridized carbons (Fsp3) is 0.833. The van der Waals surface area contributed by atoms with Gasteiger partial charge in [-0.1, -0.05) is 0 Å². The van der Waals surface area contributed by atoms with Gasteiger partial charge < -0.3 is 15.7 Å². The molecule has 0 aromatic heterocycles. The van der Waals surface area contributed by atoms with Crippen LogP contribution in [0.3, 0.4) is 0 Å². The number of aliphatic carboxylic acids is 1. The Morgan fingerprint density at radius 3 is 2.50 bits per heavy atom. The zero-order valence-corrected chi connectivity index (χ0v) is 5.92. The van der Waals surface area contributed by atoms with Gasteiger partial charge in [-0.2, -0.15) is 0 Å². The van der Waals surface area contributed by atoms with Gasteiger partial charge in [0.1, 0.15) is 6.04 Å². The van der Waals surface area contributed by atoms with Crippen molar-refractivity contribution < 1.29 is 9.90 Å². The van der Waals surface area contributed by atoms with Crippen molar-refractivity contribution in [1.82, 2.24) is 10.6 Å². The highest BCUT2D eigenvalue weighted by Crippen LogP contribution is 1.96. The Bertz CT molecular complexity index is 138. The largest absolute Gasteiger partial charge is 0.480 e. The first-order valence-electron chi connectivity index (χ1n) is 3.41. The fourth-order valence-electron chi connectivity index (χ4n) is 1.12. The van der Waals surface area contributed by atoms with Gasteiger partial charge in [0.05, 0.1) is 0 Å². The molecule has 0 bridgehead atoms. The zero-order valence-electron chi connectivity index (χ0n) is 5.92. The monoisotopic (exact) mass is 144 g/mol. The highest BCUT2D eigenvalue weighted by molar-refractivity contribution is 5.74. The molecule has 2 unspecified atom stereocenters. The summed E-state index contributed by atoms with van der Waals surface area (Å²) in [4.78, 5) is 10.5. The molecule has 1 heterocycles. The molecule has 0 aromatic rings. The lowest BCUT2D eigenvalue weighted by molar-refractivity contribution is -0.140. The Labute approximate surface area is 59.6 Å². The van der Waals surface area contributed by atoms with E-state index in [4.69, 9.17) is 5.11 Å². The van der Waals surface area contributed by atoms with Crippen LogP contribution in [0.2, 0.25) is 0 Å². The van der Waals surface area contributed by atoms with Gasteiger partial charge in [-0.3, -0.25) is 4.79 Å². The van der Waals surface area contributed by atoms with Crippen LogP contribution >= 0.6 is 0 Å². The number of rotatable bonds is 1. The van der Waals surface area contributed by atoms with E-state index >= 15 is 0 Å². The van der Waals surface area contributed by atoms with E-state index in [1.807, 2.05) is 6.92 Å². The summed E-state index contributed by atoms with van der Waals surface area (Å²) < 4.78 is 0. The molecule has 2 atom stereocenters. The molecule has 1 rings (SSSR count). The van der Waals surface area contributed by atoms with Crippen LogP contribution in [0.25, 0.3) is 0 Å². The molecule has 10 heavy (non-hydrogen) atoms. The second-order valence-corrected chi connectivity index (χ2v) is 2.51. The molecule has 0 amide bonds. The Hall–Kier alpha value is -0.610. The summed E-state index contributed by atoms with van der Waals surface area (Å²) in [5, 5.41) is 14.6. The predicted octanol–water partition coefficient (Wildman–Crippen LogP) is -0.979. The topological polar surface area (TPSA) is 61.4 Å². The van der Waals surface area contributed by atoms with Gasteiger partial charge in [0, 0.05) is 19.1 Å². The zero-order chi connectivity index (χ0) is 7.56. The third-order valence-corrected chi connectivity index (χ3v) is 1.72. The number of piperazine rings is 1. The second kappa shape index (κ2) is 2.98. The molecule has 1 aliphatic rings. The normalized spacial score (nSPS) is 33.7. The fourth-order valence-corrected chi connectivity index (χ4v) is 1.12. The standard InChI is InChI=1S/C6H12N2O2/c1-4-5(6(9)10)8-3-2-7-4/h4-5,7-8H,2-3H2,1H3,(H,9,10). The van der Waals surface area contributed by atoms with E-state index in [1.54, 1.807) is 0 Å². The summed E-state index contributed by atoms with van der Waals surface area (Å²) >= 11 is 0. The molecule has 4 nitrogen and oxygen atoms in total. The van der Waals surface area contributed by atoms with Gasteiger partial charge in [0.2, 0.25) is 0 Å². The van der Waals surface area contributed by atoms with Crippen LogP contribution in [0.1, 0.15) is 6.92 Å². The molecule has 1 saturated heterocycles. The first-order chi connectivity index (χ1) is 4.72. The van der Waals surface area contributed by atoms with Crippen LogP contribution < -0.4 is 10.6 Å². The summed E-state index contributed by atoms with van der Waals surface area (Å²) in [5.41, 5.74) is 0. The molecule has 0 aliphatic carbocycles. The van der Waals surface area contributed by atoms with Gasteiger partial charge >= 0.3 is 5.97 Å². The van der Waals surface area contributed by atoms with Crippen LogP contribution in [0.5, 0.6) is 0 Å². The van der Waals surface area contributed by atoms with Crippen molar-refractivity contribution in [3.05, 3.63) is 0 Å². The van der Waals surface area contributed by atoms with Crippen molar-refractivity contribution in [2.75, 3.05) is 13.1 Å². The summed E-state index contributed by atoms with van der Waals surface area (Å²) in [6, 6.07) is -0.389. The number of hydrogen-bond donors (Lipinski definition) is 3. The lowest BCUT2D eigenvalue weighted by Gasteiger charge is -2.27. The Balaban J connectivity index is 2.47. The van der Waals surface area contributed by atoms with Gasteiger partial charge in [0.25, 0.3) is 0 Å². The Morgan fingerprint density at radius 1 is 1.50 bits per heavy atom. The van der Waals surface area contributed by atoms with Crippen molar-refractivity contribution in [3.8, 4) is 0 Å². The lowest BCUT2D eigenvalue weighted by atomic mass is 10.1. The minimum atomic E-state index is -0.778. The molecule has 0 radical (unpaired) electrons. The number of hydrogen-bond acceptors (Lipinski definition) is 3. The second-order valence-electron chi connectivity index (χ2n) is 2.51. The third-order valence-electron chi connectivity index (χ3n) is 1.72. The Morgan fingerprint density at radius 2 is 2.10 bits per heavy atom. The predicted molar refractivity (Wildman–Crippen MR) is 36.9 cm³/mol. The van der Waals surface area contributed by atoms with E-state index < -0.39 is 12.0 Å². The number of carboxylic acid groups (broad SMARTS) is 1. The van der Waals surface area contributed by atoms with E-state index in [0.29, 0.717) is 0 Å². The smallest absolute Gasteiger partial charge is 0.322 e. The molecular weight excluding hydrogens is 132 g/mol. The molecule has 3 N–H and O–H groups in total. The summed E-state index contributed by atoms with van der Waals surface area (Å²) in [5.74, 6) is -0.778. The molecule has 1 fully saturated rings. The van der Waals surface area contributed by atoms with Crippen LogP contribution in [0, 0.1) is 0 Å². The molecule has 0 saturated carbocycles. The summed E-state index contributed by atoms with van der Waals surface area (Å²) in [6.07, 6.45) is 0. The molecule has 58 valence electrons. The maximum absolute atomic E-state index is 10.5. The lowest BCUT2D eigenvalue weighted by Crippen LogP contribution is -2.57. The number of carboxylic acids is 1. The first-order valence-corrected chi connectivity index (χ1v) is 3.41. The van der Waals surface area contributed by atoms with E-state index in [1.165, 1.54) is 0 Å². The Kier molecular flexibility index (Phi) is 2.24. The number of nitrogens with one attached hydrogen (secondary N) is 2. The molecule has 0 aromatic carbocycles. The third kappa shape index (κ3) is 1.46. The van der Waals surface area contributed by atoms with E-state index in [9.17, 15) is 4.79 Å². The molecular formula is C6H12N2O2. The average molecular weight is 144 g/mol. The van der Waals surface area contributed by atoms with Gasteiger partial charge in [0.15, 0.2) is 0 Å². The highest BCUT2D eigenvalue weighted by Gasteiger charge is 2.25. The van der Waals surface area contributed by atoms with Crippen molar-refractivity contribution in [2.45, 2.75) is 19.0 Å². The maximum Gasteiger partial charge on any atom is 0.322 e. The molecule has 0 spiro atoms. The van der Waals surface area contributed by atoms with Gasteiger partial charge in [-0.05, 0) is 6.92 Å². The van der Waals surface area contributed by atoms with Gasteiger partial charge in [-0.25, -0.2) is 0 Å². The van der Waals surface area contributed by atoms with Crippen molar-refractivity contribution in [2.24, 2.45) is 0 Å². The van der Waals surface area contributed by atoms with E-state index in [0.717, 1.165) is 13.1 Å². The van der Waals surface area contributed by atoms with Crippen molar-refractivity contribution >= 4 is 5.97 Å². The minimum absolute atomic E-state index is 0.0336. The number of carbonyl (C=O) groups is 1. The van der Waals surface area contributed by atoms with E-state index in [-0.39, 0.29) is 6.04 Å². The highest BCUT2D eigenvalue weighted by atomic mass is 16.4. The van der Waals surface area contributed by atoms with Crippen LogP contribution in [0.4, 0.5) is 0 Å². The van der Waals surface area contributed by atoms with Crippen LogP contribution in [-0.2, 0) is 4.79 Å².